The molecule has 0 saturated carbocycles. The molecular formula is C9H6F5NO2. The van der Waals surface area contributed by atoms with Gasteiger partial charge < -0.3 is 4.74 Å². The molecule has 0 atom stereocenters. The minimum Gasteiger partial charge on any atom is -0.465 e. The number of carbonyl (C=O) groups is 1. The predicted molar refractivity (Wildman–Crippen MR) is 45.5 cm³/mol. The Hall–Kier alpha value is -1.73. The summed E-state index contributed by atoms with van der Waals surface area (Å²) in [7, 11) is 0.878. The third-order valence-corrected chi connectivity index (χ3v) is 1.81. The van der Waals surface area contributed by atoms with Crippen LogP contribution in [0.2, 0.25) is 0 Å². The number of carbonyl (C=O) groups excluding carboxylic acids is 1. The zero-order valence-electron chi connectivity index (χ0n) is 8.39. The summed E-state index contributed by atoms with van der Waals surface area (Å²) in [4.78, 5) is 13.7. The van der Waals surface area contributed by atoms with Crippen LogP contribution in [0.4, 0.5) is 22.0 Å². The van der Waals surface area contributed by atoms with Gasteiger partial charge in [0.1, 0.15) is 5.69 Å². The quantitative estimate of drug-likeness (QED) is 0.602. The van der Waals surface area contributed by atoms with Crippen LogP contribution in [0.3, 0.4) is 0 Å². The van der Waals surface area contributed by atoms with Gasteiger partial charge in [0.2, 0.25) is 0 Å². The number of methoxy groups -OCH3 is 1. The Kier molecular flexibility index (Phi) is 3.64. The van der Waals surface area contributed by atoms with Crippen LogP contribution in [-0.4, -0.2) is 18.1 Å². The average molecular weight is 255 g/mol. The lowest BCUT2D eigenvalue weighted by molar-refractivity contribution is -0.142. The van der Waals surface area contributed by atoms with Gasteiger partial charge in [0.05, 0.1) is 12.7 Å². The molecule has 94 valence electrons. The molecule has 1 aromatic rings. The van der Waals surface area contributed by atoms with E-state index >= 15 is 0 Å². The highest BCUT2D eigenvalue weighted by Gasteiger charge is 2.38. The van der Waals surface area contributed by atoms with Crippen LogP contribution in [0.25, 0.3) is 0 Å². The van der Waals surface area contributed by atoms with Gasteiger partial charge in [-0.25, -0.2) is 18.6 Å². The van der Waals surface area contributed by atoms with Gasteiger partial charge in [-0.3, -0.25) is 0 Å². The van der Waals surface area contributed by atoms with Crippen LogP contribution in [0, 0.1) is 0 Å². The molecule has 0 radical (unpaired) electrons. The van der Waals surface area contributed by atoms with E-state index in [0.717, 1.165) is 7.11 Å². The van der Waals surface area contributed by atoms with Crippen molar-refractivity contribution < 1.29 is 31.5 Å². The second-order valence-corrected chi connectivity index (χ2v) is 2.92. The van der Waals surface area contributed by atoms with Crippen LogP contribution in [0.5, 0.6) is 0 Å². The van der Waals surface area contributed by atoms with E-state index in [9.17, 15) is 26.7 Å². The van der Waals surface area contributed by atoms with E-state index in [1.807, 2.05) is 0 Å². The molecule has 1 rings (SSSR count). The molecule has 0 aromatic carbocycles. The van der Waals surface area contributed by atoms with Gasteiger partial charge in [-0.15, -0.1) is 0 Å². The minimum atomic E-state index is -5.01. The lowest BCUT2D eigenvalue weighted by Crippen LogP contribution is -2.17. The molecule has 0 aliphatic rings. The highest BCUT2D eigenvalue weighted by atomic mass is 19.4. The summed E-state index contributed by atoms with van der Waals surface area (Å²) < 4.78 is 65.9. The Bertz CT molecular complexity index is 430. The second-order valence-electron chi connectivity index (χ2n) is 2.92. The van der Waals surface area contributed by atoms with E-state index < -0.39 is 35.5 Å². The molecule has 1 aromatic heterocycles. The van der Waals surface area contributed by atoms with Crippen LogP contribution in [-0.2, 0) is 10.9 Å². The molecule has 1 heterocycles. The Balaban J connectivity index is 3.37. The van der Waals surface area contributed by atoms with Gasteiger partial charge in [0, 0.05) is 0 Å². The minimum absolute atomic E-state index is 0.614. The summed E-state index contributed by atoms with van der Waals surface area (Å²) in [6.45, 7) is 0. The molecule has 17 heavy (non-hydrogen) atoms. The molecule has 8 heteroatoms. The maximum Gasteiger partial charge on any atom is 0.434 e. The van der Waals surface area contributed by atoms with Crippen molar-refractivity contribution in [1.29, 1.82) is 0 Å². The fourth-order valence-corrected chi connectivity index (χ4v) is 1.09. The molecular weight excluding hydrogens is 249 g/mol. The standard InChI is InChI=1S/C9H6F5NO2/c1-17-8(16)4-2-3-5(7(10)11)15-6(4)9(12,13)14/h2-3,7H,1H3. The molecule has 0 aliphatic carbocycles. The van der Waals surface area contributed by atoms with Crippen LogP contribution in [0.1, 0.15) is 28.2 Å². The molecule has 0 bridgehead atoms. The third-order valence-electron chi connectivity index (χ3n) is 1.81. The summed E-state index contributed by atoms with van der Waals surface area (Å²) in [5.41, 5.74) is -3.63. The maximum atomic E-state index is 12.5. The third kappa shape index (κ3) is 2.89. The first-order valence-electron chi connectivity index (χ1n) is 4.22. The van der Waals surface area contributed by atoms with Gasteiger partial charge >= 0.3 is 12.1 Å². The van der Waals surface area contributed by atoms with Crippen molar-refractivity contribution in [3.8, 4) is 0 Å². The molecule has 0 N–H and O–H groups in total. The molecule has 0 amide bonds. The smallest absolute Gasteiger partial charge is 0.434 e. The highest BCUT2D eigenvalue weighted by Crippen LogP contribution is 2.32. The summed E-state index contributed by atoms with van der Waals surface area (Å²) in [6, 6.07) is 1.26. The van der Waals surface area contributed by atoms with Gasteiger partial charge in [-0.05, 0) is 12.1 Å². The van der Waals surface area contributed by atoms with E-state index in [0.29, 0.717) is 12.1 Å². The molecule has 0 saturated heterocycles. The molecule has 0 fully saturated rings. The number of nitrogens with zero attached hydrogens (tertiary/aromatic N) is 1. The first-order chi connectivity index (χ1) is 7.77. The van der Waals surface area contributed by atoms with E-state index in [1.165, 1.54) is 0 Å². The number of ether oxygens (including phenoxy) is 1. The zero-order chi connectivity index (χ0) is 13.2. The summed E-state index contributed by atoms with van der Waals surface area (Å²) >= 11 is 0. The normalized spacial score (nSPS) is 11.7. The van der Waals surface area contributed by atoms with Crippen LogP contribution < -0.4 is 0 Å². The number of alkyl halides is 5. The van der Waals surface area contributed by atoms with Crippen LogP contribution >= 0.6 is 0 Å². The summed E-state index contributed by atoms with van der Waals surface area (Å²) in [5.74, 6) is -1.29. The number of halogens is 5. The fraction of sp³-hybridized carbons (Fsp3) is 0.333. The Labute approximate surface area is 92.2 Å². The zero-order valence-corrected chi connectivity index (χ0v) is 8.39. The topological polar surface area (TPSA) is 39.2 Å². The van der Waals surface area contributed by atoms with Gasteiger partial charge in [-0.1, -0.05) is 0 Å². The molecule has 0 unspecified atom stereocenters. The number of hydrogen-bond acceptors (Lipinski definition) is 3. The van der Waals surface area contributed by atoms with Crippen molar-refractivity contribution in [2.24, 2.45) is 0 Å². The van der Waals surface area contributed by atoms with Gasteiger partial charge in [0.25, 0.3) is 6.43 Å². The number of aromatic nitrogens is 1. The van der Waals surface area contributed by atoms with E-state index in [4.69, 9.17) is 0 Å². The van der Waals surface area contributed by atoms with E-state index in [1.54, 1.807) is 0 Å². The van der Waals surface area contributed by atoms with E-state index in [2.05, 4.69) is 9.72 Å². The second kappa shape index (κ2) is 4.64. The Morgan fingerprint density at radius 1 is 1.35 bits per heavy atom. The van der Waals surface area contributed by atoms with Crippen molar-refractivity contribution in [2.45, 2.75) is 12.6 Å². The maximum absolute atomic E-state index is 12.5. The summed E-state index contributed by atoms with van der Waals surface area (Å²) in [6.07, 6.45) is -8.16. The number of pyridine rings is 1. The van der Waals surface area contributed by atoms with Crippen LogP contribution in [0.15, 0.2) is 12.1 Å². The lowest BCUT2D eigenvalue weighted by Gasteiger charge is -2.11. The molecule has 0 spiro atoms. The van der Waals surface area contributed by atoms with Crippen molar-refractivity contribution in [3.05, 3.63) is 29.1 Å². The Morgan fingerprint density at radius 2 is 1.94 bits per heavy atom. The molecule has 3 nitrogen and oxygen atoms in total. The molecule has 0 aliphatic heterocycles. The first kappa shape index (κ1) is 13.3. The van der Waals surface area contributed by atoms with Gasteiger partial charge in [0.15, 0.2) is 5.69 Å². The van der Waals surface area contributed by atoms with Crippen molar-refractivity contribution >= 4 is 5.97 Å². The van der Waals surface area contributed by atoms with Crippen molar-refractivity contribution in [3.63, 3.8) is 0 Å². The number of rotatable bonds is 2. The monoisotopic (exact) mass is 255 g/mol. The van der Waals surface area contributed by atoms with Crippen molar-refractivity contribution in [2.75, 3.05) is 7.11 Å². The average Bonchev–Trinajstić information content (AvgIpc) is 2.26. The SMILES string of the molecule is COC(=O)c1ccc(C(F)F)nc1C(F)(F)F. The van der Waals surface area contributed by atoms with Gasteiger partial charge in [-0.2, -0.15) is 13.2 Å². The summed E-state index contributed by atoms with van der Waals surface area (Å²) in [5, 5.41) is 0. The first-order valence-corrected chi connectivity index (χ1v) is 4.22. The fourth-order valence-electron chi connectivity index (χ4n) is 1.09. The Morgan fingerprint density at radius 3 is 2.35 bits per heavy atom. The highest BCUT2D eigenvalue weighted by molar-refractivity contribution is 5.90. The largest absolute Gasteiger partial charge is 0.465 e. The number of esters is 1. The predicted octanol–water partition coefficient (Wildman–Crippen LogP) is 2.82. The van der Waals surface area contributed by atoms with Crippen molar-refractivity contribution in [1.82, 2.24) is 4.98 Å². The lowest BCUT2D eigenvalue weighted by atomic mass is 10.1. The van der Waals surface area contributed by atoms with E-state index in [-0.39, 0.29) is 0 Å². The number of hydrogen-bond donors (Lipinski definition) is 0.